The van der Waals surface area contributed by atoms with Crippen LogP contribution in [0.4, 0.5) is 0 Å². The second kappa shape index (κ2) is 9.59. The highest BCUT2D eigenvalue weighted by atomic mass is 32.2. The Labute approximate surface area is 155 Å². The van der Waals surface area contributed by atoms with Gasteiger partial charge in [0.1, 0.15) is 22.1 Å². The molecule has 0 fully saturated rings. The van der Waals surface area contributed by atoms with Crippen molar-refractivity contribution in [1.82, 2.24) is 0 Å². The van der Waals surface area contributed by atoms with Gasteiger partial charge in [-0.25, -0.2) is 0 Å². The van der Waals surface area contributed by atoms with Gasteiger partial charge in [0.15, 0.2) is 0 Å². The number of hydrogen-bond acceptors (Lipinski definition) is 4. The maximum atomic E-state index is 11.5. The molecule has 2 N–H and O–H groups in total. The fraction of sp³-hybridized carbons (Fsp3) is 0.400. The molecule has 0 aliphatic heterocycles. The first kappa shape index (κ1) is 20.3. The Balaban J connectivity index is 2.13. The molecule has 0 spiro atoms. The quantitative estimate of drug-likeness (QED) is 0.431. The summed E-state index contributed by atoms with van der Waals surface area (Å²) in [7, 11) is -4.38. The summed E-state index contributed by atoms with van der Waals surface area (Å²) in [5.41, 5.74) is 0.811. The molecule has 0 aliphatic carbocycles. The molecule has 0 saturated carbocycles. The van der Waals surface area contributed by atoms with Crippen molar-refractivity contribution in [1.29, 1.82) is 0 Å². The highest BCUT2D eigenvalue weighted by Crippen LogP contribution is 2.33. The van der Waals surface area contributed by atoms with Gasteiger partial charge in [-0.05, 0) is 48.7 Å². The molecule has 0 bridgehead atoms. The zero-order valence-electron chi connectivity index (χ0n) is 15.0. The fourth-order valence-electron chi connectivity index (χ4n) is 2.82. The summed E-state index contributed by atoms with van der Waals surface area (Å²) in [6, 6.07) is 10.7. The van der Waals surface area contributed by atoms with E-state index in [9.17, 15) is 18.1 Å². The molecule has 0 radical (unpaired) electrons. The van der Waals surface area contributed by atoms with Gasteiger partial charge in [-0.3, -0.25) is 4.55 Å². The van der Waals surface area contributed by atoms with Crippen LogP contribution in [0.3, 0.4) is 0 Å². The molecule has 6 heteroatoms. The summed E-state index contributed by atoms with van der Waals surface area (Å²) in [5.74, 6) is 0.679. The summed E-state index contributed by atoms with van der Waals surface area (Å²) in [6.45, 7) is 2.18. The van der Waals surface area contributed by atoms with Gasteiger partial charge in [-0.1, -0.05) is 51.2 Å². The molecule has 0 aliphatic rings. The lowest BCUT2D eigenvalue weighted by atomic mass is 10.0. The fourth-order valence-corrected chi connectivity index (χ4v) is 3.44. The van der Waals surface area contributed by atoms with Gasteiger partial charge in [0.05, 0.1) is 0 Å². The number of rotatable bonds is 10. The van der Waals surface area contributed by atoms with Gasteiger partial charge < -0.3 is 9.84 Å². The minimum absolute atomic E-state index is 0.0601. The minimum atomic E-state index is -4.38. The number of ether oxygens (including phenoxy) is 1. The molecule has 0 amide bonds. The van der Waals surface area contributed by atoms with Gasteiger partial charge in [-0.15, -0.1) is 0 Å². The van der Waals surface area contributed by atoms with Crippen molar-refractivity contribution in [2.24, 2.45) is 0 Å². The third-order valence-corrected chi connectivity index (χ3v) is 5.08. The molecular formula is C20H26O5S. The molecule has 0 aromatic heterocycles. The Morgan fingerprint density at radius 2 is 1.62 bits per heavy atom. The topological polar surface area (TPSA) is 83.8 Å². The van der Waals surface area contributed by atoms with E-state index in [0.29, 0.717) is 5.75 Å². The summed E-state index contributed by atoms with van der Waals surface area (Å²) >= 11 is 0. The molecule has 0 saturated heterocycles. The van der Waals surface area contributed by atoms with Crippen LogP contribution in [-0.4, -0.2) is 18.1 Å². The van der Waals surface area contributed by atoms with E-state index in [2.05, 4.69) is 6.92 Å². The molecular weight excluding hydrogens is 352 g/mol. The van der Waals surface area contributed by atoms with Gasteiger partial charge in [0.25, 0.3) is 10.1 Å². The highest BCUT2D eigenvalue weighted by molar-refractivity contribution is 7.86. The van der Waals surface area contributed by atoms with Crippen LogP contribution in [0.25, 0.3) is 0 Å². The van der Waals surface area contributed by atoms with E-state index in [1.54, 1.807) is 18.2 Å². The van der Waals surface area contributed by atoms with Crippen molar-refractivity contribution < 1.29 is 22.8 Å². The van der Waals surface area contributed by atoms with Crippen LogP contribution < -0.4 is 4.74 Å². The molecule has 0 atom stereocenters. The van der Waals surface area contributed by atoms with E-state index >= 15 is 0 Å². The first-order valence-corrected chi connectivity index (χ1v) is 10.4. The van der Waals surface area contributed by atoms with Crippen LogP contribution in [-0.2, 0) is 16.5 Å². The summed E-state index contributed by atoms with van der Waals surface area (Å²) in [4.78, 5) is -0.279. The van der Waals surface area contributed by atoms with Crippen LogP contribution in [0.5, 0.6) is 17.2 Å². The summed E-state index contributed by atoms with van der Waals surface area (Å²) < 4.78 is 38.2. The Morgan fingerprint density at radius 3 is 2.35 bits per heavy atom. The number of phenols is 1. The molecule has 0 unspecified atom stereocenters. The molecule has 2 rings (SSSR count). The van der Waals surface area contributed by atoms with E-state index in [-0.39, 0.29) is 16.4 Å². The molecule has 0 heterocycles. The SMILES string of the molecule is CCCCCCCCc1cc(O)ccc1Oc1ccccc1S(=O)(=O)O. The standard InChI is InChI=1S/C20H26O5S/c1-2-3-4-5-6-7-10-16-15-17(21)13-14-18(16)25-19-11-8-9-12-20(19)26(22,23)24/h8-9,11-15,21H,2-7,10H2,1H3,(H,22,23,24). The van der Waals surface area contributed by atoms with E-state index in [0.717, 1.165) is 24.8 Å². The van der Waals surface area contributed by atoms with E-state index in [1.165, 1.54) is 49.9 Å². The summed E-state index contributed by atoms with van der Waals surface area (Å²) in [6.07, 6.45) is 7.63. The molecule has 2 aromatic carbocycles. The van der Waals surface area contributed by atoms with Crippen LogP contribution in [0.15, 0.2) is 47.4 Å². The lowest BCUT2D eigenvalue weighted by molar-refractivity contribution is 0.440. The molecule has 2 aromatic rings. The molecule has 142 valence electrons. The Kier molecular flexibility index (Phi) is 7.48. The highest BCUT2D eigenvalue weighted by Gasteiger charge is 2.17. The predicted octanol–water partition coefficient (Wildman–Crippen LogP) is 5.33. The van der Waals surface area contributed by atoms with Crippen molar-refractivity contribution in [3.8, 4) is 17.2 Å². The normalized spacial score (nSPS) is 11.5. The Morgan fingerprint density at radius 1 is 0.923 bits per heavy atom. The van der Waals surface area contributed by atoms with Crippen LogP contribution in [0.1, 0.15) is 51.0 Å². The Bertz CT molecular complexity index is 815. The van der Waals surface area contributed by atoms with Crippen LogP contribution in [0.2, 0.25) is 0 Å². The predicted molar refractivity (Wildman–Crippen MR) is 102 cm³/mol. The lowest BCUT2D eigenvalue weighted by Gasteiger charge is -2.13. The third-order valence-electron chi connectivity index (χ3n) is 4.19. The van der Waals surface area contributed by atoms with Crippen molar-refractivity contribution in [3.63, 3.8) is 0 Å². The number of hydrogen-bond donors (Lipinski definition) is 2. The van der Waals surface area contributed by atoms with Gasteiger partial charge >= 0.3 is 0 Å². The average molecular weight is 378 g/mol. The zero-order valence-corrected chi connectivity index (χ0v) is 15.8. The van der Waals surface area contributed by atoms with E-state index < -0.39 is 10.1 Å². The average Bonchev–Trinajstić information content (AvgIpc) is 2.59. The summed E-state index contributed by atoms with van der Waals surface area (Å²) in [5, 5.41) is 9.77. The van der Waals surface area contributed by atoms with Crippen molar-refractivity contribution in [2.45, 2.75) is 56.8 Å². The lowest BCUT2D eigenvalue weighted by Crippen LogP contribution is -2.01. The number of benzene rings is 2. The maximum Gasteiger partial charge on any atom is 0.298 e. The number of aromatic hydroxyl groups is 1. The van der Waals surface area contributed by atoms with E-state index in [4.69, 9.17) is 4.74 Å². The largest absolute Gasteiger partial charge is 0.508 e. The number of unbranched alkanes of at least 4 members (excludes halogenated alkanes) is 5. The van der Waals surface area contributed by atoms with Crippen molar-refractivity contribution in [3.05, 3.63) is 48.0 Å². The number of phenolic OH excluding ortho intramolecular Hbond substituents is 1. The van der Waals surface area contributed by atoms with Crippen molar-refractivity contribution >= 4 is 10.1 Å². The first-order valence-electron chi connectivity index (χ1n) is 8.98. The van der Waals surface area contributed by atoms with Crippen molar-refractivity contribution in [2.75, 3.05) is 0 Å². The molecule has 26 heavy (non-hydrogen) atoms. The first-order chi connectivity index (χ1) is 12.4. The smallest absolute Gasteiger partial charge is 0.298 e. The van der Waals surface area contributed by atoms with Gasteiger partial charge in [-0.2, -0.15) is 8.42 Å². The van der Waals surface area contributed by atoms with Gasteiger partial charge in [0.2, 0.25) is 0 Å². The number of para-hydroxylation sites is 1. The second-order valence-corrected chi connectivity index (χ2v) is 7.72. The second-order valence-electron chi connectivity index (χ2n) is 6.33. The maximum absolute atomic E-state index is 11.5. The third kappa shape index (κ3) is 6.04. The number of aryl methyl sites for hydroxylation is 1. The van der Waals surface area contributed by atoms with Crippen LogP contribution in [0, 0.1) is 0 Å². The Hall–Kier alpha value is -2.05. The minimum Gasteiger partial charge on any atom is -0.508 e. The molecule has 5 nitrogen and oxygen atoms in total. The zero-order chi connectivity index (χ0) is 19.0. The van der Waals surface area contributed by atoms with Gasteiger partial charge in [0, 0.05) is 0 Å². The monoisotopic (exact) mass is 378 g/mol. The van der Waals surface area contributed by atoms with E-state index in [1.807, 2.05) is 0 Å². The van der Waals surface area contributed by atoms with Crippen LogP contribution >= 0.6 is 0 Å².